The van der Waals surface area contributed by atoms with E-state index in [9.17, 15) is 51.7 Å². The molecular formula is C25H28BF5N2O9. The van der Waals surface area contributed by atoms with Gasteiger partial charge in [0.25, 0.3) is 11.6 Å². The van der Waals surface area contributed by atoms with Crippen LogP contribution in [0.4, 0.5) is 27.6 Å². The Hall–Kier alpha value is -3.67. The number of amides is 1. The number of hydrogen-bond acceptors (Lipinski definition) is 9. The van der Waals surface area contributed by atoms with Gasteiger partial charge in [-0.25, -0.2) is 18.0 Å². The molecule has 11 nitrogen and oxygen atoms in total. The fraction of sp³-hybridized carbons (Fsp3) is 0.440. The molecule has 0 atom stereocenters. The average Bonchev–Trinajstić information content (AvgIpc) is 2.91. The van der Waals surface area contributed by atoms with E-state index in [1.807, 2.05) is 0 Å². The molecule has 0 aliphatic rings. The Morgan fingerprint density at radius 3 is 2.00 bits per heavy atom. The summed E-state index contributed by atoms with van der Waals surface area (Å²) >= 11 is 0. The molecular weight excluding hydrogens is 578 g/mol. The van der Waals surface area contributed by atoms with Crippen molar-refractivity contribution in [3.8, 4) is 5.75 Å². The SMILES string of the molecule is CC(C)(CCNC(=O)c1cc(B(O)O)cc([N+](=O)[O-])c1)OCCC(C)(C)OCC(=O)Oc1c(F)c(F)c(F)c(F)c1F. The van der Waals surface area contributed by atoms with Gasteiger partial charge >= 0.3 is 13.1 Å². The largest absolute Gasteiger partial charge is 0.488 e. The zero-order chi connectivity index (χ0) is 32.0. The van der Waals surface area contributed by atoms with E-state index in [0.717, 1.165) is 18.2 Å². The van der Waals surface area contributed by atoms with E-state index < -0.39 is 82.3 Å². The van der Waals surface area contributed by atoms with Gasteiger partial charge in [-0.2, -0.15) is 8.78 Å². The fourth-order valence-electron chi connectivity index (χ4n) is 3.39. The molecule has 0 aliphatic heterocycles. The average molecular weight is 606 g/mol. The third-order valence-electron chi connectivity index (χ3n) is 5.89. The van der Waals surface area contributed by atoms with Crippen molar-refractivity contribution in [3.63, 3.8) is 0 Å². The minimum atomic E-state index is -2.40. The molecule has 42 heavy (non-hydrogen) atoms. The molecule has 0 saturated carbocycles. The molecule has 0 saturated heterocycles. The fourth-order valence-corrected chi connectivity index (χ4v) is 3.39. The lowest BCUT2D eigenvalue weighted by molar-refractivity contribution is -0.384. The maximum Gasteiger partial charge on any atom is 0.488 e. The second kappa shape index (κ2) is 14.0. The first-order chi connectivity index (χ1) is 19.3. The van der Waals surface area contributed by atoms with Crippen molar-refractivity contribution in [1.29, 1.82) is 0 Å². The molecule has 1 amide bonds. The summed E-state index contributed by atoms with van der Waals surface area (Å²) in [6.07, 6.45) is 0.456. The maximum absolute atomic E-state index is 13.7. The van der Waals surface area contributed by atoms with Crippen LogP contribution in [0.3, 0.4) is 0 Å². The van der Waals surface area contributed by atoms with Crippen LogP contribution in [0.2, 0.25) is 0 Å². The Labute approximate surface area is 236 Å². The van der Waals surface area contributed by atoms with Crippen molar-refractivity contribution in [2.75, 3.05) is 19.8 Å². The summed E-state index contributed by atoms with van der Waals surface area (Å²) in [5.41, 5.74) is -2.73. The van der Waals surface area contributed by atoms with Crippen LogP contribution in [0.1, 0.15) is 50.9 Å². The van der Waals surface area contributed by atoms with Crippen molar-refractivity contribution < 1.29 is 60.7 Å². The molecule has 0 unspecified atom stereocenters. The number of nitro benzene ring substituents is 1. The summed E-state index contributed by atoms with van der Waals surface area (Å²) in [6, 6.07) is 3.03. The smallest absolute Gasteiger partial charge is 0.423 e. The first kappa shape index (κ1) is 34.5. The topological polar surface area (TPSA) is 157 Å². The normalized spacial score (nSPS) is 11.8. The van der Waals surface area contributed by atoms with Crippen molar-refractivity contribution in [3.05, 3.63) is 63.0 Å². The third kappa shape index (κ3) is 9.44. The first-order valence-corrected chi connectivity index (χ1v) is 12.3. The van der Waals surface area contributed by atoms with Gasteiger partial charge in [0.1, 0.15) is 6.61 Å². The summed E-state index contributed by atoms with van der Waals surface area (Å²) in [5.74, 6) is -15.4. The van der Waals surface area contributed by atoms with Crippen LogP contribution in [-0.2, 0) is 14.3 Å². The van der Waals surface area contributed by atoms with Gasteiger partial charge in [-0.3, -0.25) is 14.9 Å². The predicted molar refractivity (Wildman–Crippen MR) is 136 cm³/mol. The van der Waals surface area contributed by atoms with Gasteiger partial charge in [-0.1, -0.05) is 0 Å². The second-order valence-electron chi connectivity index (χ2n) is 10.2. The predicted octanol–water partition coefficient (Wildman–Crippen LogP) is 2.68. The highest BCUT2D eigenvalue weighted by atomic mass is 19.2. The highest BCUT2D eigenvalue weighted by Crippen LogP contribution is 2.29. The van der Waals surface area contributed by atoms with Crippen LogP contribution < -0.4 is 15.5 Å². The summed E-state index contributed by atoms with van der Waals surface area (Å²) in [6.45, 7) is 5.79. The summed E-state index contributed by atoms with van der Waals surface area (Å²) in [7, 11) is -2.02. The van der Waals surface area contributed by atoms with Crippen molar-refractivity contribution in [2.45, 2.75) is 51.7 Å². The highest BCUT2D eigenvalue weighted by molar-refractivity contribution is 6.58. The number of hydrogen-bond donors (Lipinski definition) is 3. The Kier molecular flexibility index (Phi) is 11.5. The molecule has 0 aliphatic carbocycles. The lowest BCUT2D eigenvalue weighted by Gasteiger charge is -2.29. The van der Waals surface area contributed by atoms with Crippen LogP contribution in [0, 0.1) is 39.2 Å². The van der Waals surface area contributed by atoms with Crippen LogP contribution in [0.5, 0.6) is 5.75 Å². The molecule has 2 aromatic carbocycles. The quantitative estimate of drug-likeness (QED) is 0.0430. The minimum absolute atomic E-state index is 0.0727. The monoisotopic (exact) mass is 606 g/mol. The van der Waals surface area contributed by atoms with Crippen LogP contribution in [0.25, 0.3) is 0 Å². The second-order valence-corrected chi connectivity index (χ2v) is 10.2. The zero-order valence-electron chi connectivity index (χ0n) is 22.9. The lowest BCUT2D eigenvalue weighted by Crippen LogP contribution is -2.36. The van der Waals surface area contributed by atoms with Gasteiger partial charge in [0.05, 0.1) is 22.7 Å². The number of benzene rings is 2. The van der Waals surface area contributed by atoms with E-state index in [-0.39, 0.29) is 37.0 Å². The molecule has 0 fully saturated rings. The highest BCUT2D eigenvalue weighted by Gasteiger charge is 2.30. The Morgan fingerprint density at radius 1 is 0.905 bits per heavy atom. The van der Waals surface area contributed by atoms with Gasteiger partial charge < -0.3 is 29.6 Å². The lowest BCUT2D eigenvalue weighted by atomic mass is 9.79. The number of nitrogens with one attached hydrogen (secondary N) is 1. The molecule has 0 heterocycles. The third-order valence-corrected chi connectivity index (χ3v) is 5.89. The van der Waals surface area contributed by atoms with E-state index in [2.05, 4.69) is 10.1 Å². The number of nitro groups is 1. The molecule has 2 rings (SSSR count). The van der Waals surface area contributed by atoms with E-state index >= 15 is 0 Å². The Morgan fingerprint density at radius 2 is 1.45 bits per heavy atom. The number of carbonyl (C=O) groups is 2. The molecule has 3 N–H and O–H groups in total. The van der Waals surface area contributed by atoms with E-state index in [1.54, 1.807) is 27.7 Å². The molecule has 230 valence electrons. The zero-order valence-corrected chi connectivity index (χ0v) is 22.9. The molecule has 2 aromatic rings. The minimum Gasteiger partial charge on any atom is -0.423 e. The van der Waals surface area contributed by atoms with Gasteiger partial charge in [0.2, 0.25) is 34.8 Å². The number of carbonyl (C=O) groups excluding carboxylic acids is 2. The van der Waals surface area contributed by atoms with Gasteiger partial charge in [0, 0.05) is 24.2 Å². The van der Waals surface area contributed by atoms with Crippen molar-refractivity contribution >= 4 is 30.1 Å². The number of esters is 1. The summed E-state index contributed by atoms with van der Waals surface area (Å²) in [4.78, 5) is 34.7. The first-order valence-electron chi connectivity index (χ1n) is 12.3. The van der Waals surface area contributed by atoms with Crippen molar-refractivity contribution in [1.82, 2.24) is 5.32 Å². The number of ether oxygens (including phenoxy) is 3. The Balaban J connectivity index is 1.84. The van der Waals surface area contributed by atoms with Crippen LogP contribution in [-0.4, -0.2) is 64.9 Å². The van der Waals surface area contributed by atoms with E-state index in [0.29, 0.717) is 0 Å². The molecule has 0 radical (unpaired) electrons. The molecule has 0 bridgehead atoms. The number of nitrogens with zero attached hydrogens (tertiary/aromatic N) is 1. The number of non-ortho nitro benzene ring substituents is 1. The van der Waals surface area contributed by atoms with Gasteiger partial charge in [-0.05, 0) is 52.1 Å². The van der Waals surface area contributed by atoms with E-state index in [1.165, 1.54) is 0 Å². The molecule has 0 spiro atoms. The summed E-state index contributed by atoms with van der Waals surface area (Å²) in [5, 5.41) is 32.3. The van der Waals surface area contributed by atoms with Crippen molar-refractivity contribution in [2.24, 2.45) is 0 Å². The summed E-state index contributed by atoms with van der Waals surface area (Å²) < 4.78 is 82.6. The number of rotatable bonds is 14. The Bertz CT molecular complexity index is 1310. The molecule has 0 aromatic heterocycles. The van der Waals surface area contributed by atoms with Gasteiger partial charge in [-0.15, -0.1) is 0 Å². The number of halogens is 5. The van der Waals surface area contributed by atoms with Gasteiger partial charge in [0.15, 0.2) is 0 Å². The van der Waals surface area contributed by atoms with Crippen LogP contribution >= 0.6 is 0 Å². The molecule has 17 heteroatoms. The maximum atomic E-state index is 13.7. The van der Waals surface area contributed by atoms with E-state index in [4.69, 9.17) is 9.47 Å². The van der Waals surface area contributed by atoms with Crippen LogP contribution in [0.15, 0.2) is 18.2 Å². The standard InChI is InChI=1S/C25H28BF5N2O9/c1-24(2,5-7-32-23(35)13-9-14(26(36)37)11-15(10-13)33(38)39)40-8-6-25(3,4)41-12-16(34)42-22-20(30)18(28)17(27)19(29)21(22)31/h9-11,36-37H,5-8,12H2,1-4H3,(H,32,35).